The van der Waals surface area contributed by atoms with E-state index in [9.17, 15) is 9.59 Å². The van der Waals surface area contributed by atoms with Gasteiger partial charge in [-0.1, -0.05) is 39.7 Å². The van der Waals surface area contributed by atoms with E-state index in [1.807, 2.05) is 44.2 Å². The standard InChI is InChI=1S/C24H19BrClN3O2S/c1-13-10-16(15(3)28(13)18-7-4-6-17(25)12-18)11-19-22(30)27-24(32)29(23(19)31)21-9-5-8-20(26)14(21)2/h4-12H,1-3H3,(H,27,30,32)/b19-11+. The molecule has 0 spiro atoms. The molecule has 2 amide bonds. The zero-order chi connectivity index (χ0) is 23.2. The molecule has 0 unspecified atom stereocenters. The van der Waals surface area contributed by atoms with Gasteiger partial charge in [0.15, 0.2) is 5.11 Å². The van der Waals surface area contributed by atoms with Crippen LogP contribution in [0.15, 0.2) is 58.6 Å². The van der Waals surface area contributed by atoms with Gasteiger partial charge in [-0.25, -0.2) is 0 Å². The Morgan fingerprint density at radius 2 is 1.78 bits per heavy atom. The van der Waals surface area contributed by atoms with Crippen molar-refractivity contribution in [3.05, 3.63) is 86.1 Å². The first kappa shape index (κ1) is 22.5. The Bertz CT molecular complexity index is 1330. The average Bonchev–Trinajstić information content (AvgIpc) is 3.01. The molecule has 32 heavy (non-hydrogen) atoms. The summed E-state index contributed by atoms with van der Waals surface area (Å²) in [6, 6.07) is 15.1. The number of thiocarbonyl (C=S) groups is 1. The second-order valence-corrected chi connectivity index (χ2v) is 9.19. The molecule has 2 aromatic carbocycles. The Balaban J connectivity index is 1.79. The normalized spacial score (nSPS) is 15.5. The van der Waals surface area contributed by atoms with Crippen LogP contribution in [-0.2, 0) is 9.59 Å². The fourth-order valence-electron chi connectivity index (χ4n) is 3.82. The fourth-order valence-corrected chi connectivity index (χ4v) is 4.65. The summed E-state index contributed by atoms with van der Waals surface area (Å²) in [5.41, 5.74) is 4.90. The van der Waals surface area contributed by atoms with Gasteiger partial charge in [-0.3, -0.25) is 19.8 Å². The minimum Gasteiger partial charge on any atom is -0.318 e. The van der Waals surface area contributed by atoms with Crippen LogP contribution in [0.2, 0.25) is 5.02 Å². The number of amides is 2. The molecule has 2 heterocycles. The Kier molecular flexibility index (Phi) is 6.07. The number of rotatable bonds is 3. The number of aryl methyl sites for hydroxylation is 1. The number of aromatic nitrogens is 1. The molecule has 5 nitrogen and oxygen atoms in total. The van der Waals surface area contributed by atoms with Crippen molar-refractivity contribution in [3.63, 3.8) is 0 Å². The van der Waals surface area contributed by atoms with Crippen molar-refractivity contribution in [2.24, 2.45) is 0 Å². The third kappa shape index (κ3) is 3.92. The van der Waals surface area contributed by atoms with Gasteiger partial charge in [0.2, 0.25) is 0 Å². The van der Waals surface area contributed by atoms with E-state index >= 15 is 0 Å². The fraction of sp³-hybridized carbons (Fsp3) is 0.125. The monoisotopic (exact) mass is 527 g/mol. The minimum absolute atomic E-state index is 0.00691. The van der Waals surface area contributed by atoms with Gasteiger partial charge < -0.3 is 4.57 Å². The highest BCUT2D eigenvalue weighted by Gasteiger charge is 2.35. The highest BCUT2D eigenvalue weighted by Crippen LogP contribution is 2.30. The molecule has 1 aliphatic rings. The van der Waals surface area contributed by atoms with E-state index in [-0.39, 0.29) is 10.7 Å². The number of nitrogens with zero attached hydrogens (tertiary/aromatic N) is 2. The van der Waals surface area contributed by atoms with E-state index in [0.717, 1.165) is 27.1 Å². The van der Waals surface area contributed by atoms with Crippen molar-refractivity contribution >= 4 is 68.4 Å². The number of hydrogen-bond donors (Lipinski definition) is 1. The summed E-state index contributed by atoms with van der Waals surface area (Å²) in [5, 5.41) is 3.17. The Morgan fingerprint density at radius 1 is 1.06 bits per heavy atom. The predicted octanol–water partition coefficient (Wildman–Crippen LogP) is 5.65. The van der Waals surface area contributed by atoms with Gasteiger partial charge in [0.1, 0.15) is 5.57 Å². The summed E-state index contributed by atoms with van der Waals surface area (Å²) >= 11 is 15.1. The first-order valence-electron chi connectivity index (χ1n) is 9.80. The van der Waals surface area contributed by atoms with E-state index in [1.165, 1.54) is 4.90 Å². The van der Waals surface area contributed by atoms with E-state index < -0.39 is 11.8 Å². The Hall–Kier alpha value is -2.74. The largest absolute Gasteiger partial charge is 0.318 e. The van der Waals surface area contributed by atoms with Crippen LogP contribution in [-0.4, -0.2) is 21.5 Å². The Labute approximate surface area is 204 Å². The van der Waals surface area contributed by atoms with Crippen molar-refractivity contribution in [2.45, 2.75) is 20.8 Å². The lowest BCUT2D eigenvalue weighted by Gasteiger charge is -2.30. The van der Waals surface area contributed by atoms with Crippen molar-refractivity contribution < 1.29 is 9.59 Å². The molecular weight excluding hydrogens is 510 g/mol. The zero-order valence-electron chi connectivity index (χ0n) is 17.6. The number of halogens is 2. The number of carbonyl (C=O) groups excluding carboxylic acids is 2. The van der Waals surface area contributed by atoms with Gasteiger partial charge >= 0.3 is 0 Å². The summed E-state index contributed by atoms with van der Waals surface area (Å²) in [6.45, 7) is 5.74. The average molecular weight is 529 g/mol. The summed E-state index contributed by atoms with van der Waals surface area (Å²) in [6.07, 6.45) is 1.61. The third-order valence-electron chi connectivity index (χ3n) is 5.42. The molecule has 1 saturated heterocycles. The maximum absolute atomic E-state index is 13.4. The molecule has 1 N–H and O–H groups in total. The highest BCUT2D eigenvalue weighted by molar-refractivity contribution is 9.10. The molecule has 1 fully saturated rings. The highest BCUT2D eigenvalue weighted by atomic mass is 79.9. The quantitative estimate of drug-likeness (QED) is 0.272. The smallest absolute Gasteiger partial charge is 0.270 e. The molecule has 162 valence electrons. The summed E-state index contributed by atoms with van der Waals surface area (Å²) in [7, 11) is 0. The lowest BCUT2D eigenvalue weighted by molar-refractivity contribution is -0.122. The minimum atomic E-state index is -0.525. The number of benzene rings is 2. The van der Waals surface area contributed by atoms with Crippen molar-refractivity contribution in [2.75, 3.05) is 4.90 Å². The molecule has 3 aromatic rings. The summed E-state index contributed by atoms with van der Waals surface area (Å²) < 4.78 is 3.04. The third-order valence-corrected chi connectivity index (χ3v) is 6.61. The van der Waals surface area contributed by atoms with Crippen LogP contribution in [0, 0.1) is 20.8 Å². The molecule has 0 radical (unpaired) electrons. The first-order chi connectivity index (χ1) is 15.2. The molecule has 0 atom stereocenters. The second kappa shape index (κ2) is 8.65. The van der Waals surface area contributed by atoms with Gasteiger partial charge in [0.25, 0.3) is 11.8 Å². The van der Waals surface area contributed by atoms with Crippen LogP contribution >= 0.6 is 39.7 Å². The van der Waals surface area contributed by atoms with Gasteiger partial charge in [0.05, 0.1) is 5.69 Å². The lowest BCUT2D eigenvalue weighted by atomic mass is 10.1. The van der Waals surface area contributed by atoms with Gasteiger partial charge in [0, 0.05) is 26.6 Å². The molecule has 1 aromatic heterocycles. The van der Waals surface area contributed by atoms with Crippen LogP contribution in [0.25, 0.3) is 11.8 Å². The summed E-state index contributed by atoms with van der Waals surface area (Å²) in [5.74, 6) is -1.01. The van der Waals surface area contributed by atoms with Gasteiger partial charge in [-0.2, -0.15) is 0 Å². The molecule has 0 bridgehead atoms. The molecule has 4 rings (SSSR count). The van der Waals surface area contributed by atoms with Crippen molar-refractivity contribution in [3.8, 4) is 5.69 Å². The molecule has 1 aliphatic heterocycles. The van der Waals surface area contributed by atoms with E-state index in [0.29, 0.717) is 16.3 Å². The SMILES string of the molecule is Cc1c(Cl)cccc1N1C(=O)/C(=C/c2cc(C)n(-c3cccc(Br)c3)c2C)C(=O)NC1=S. The van der Waals surface area contributed by atoms with Gasteiger partial charge in [-0.05, 0) is 86.6 Å². The lowest BCUT2D eigenvalue weighted by Crippen LogP contribution is -2.54. The molecule has 8 heteroatoms. The number of carbonyl (C=O) groups is 2. The topological polar surface area (TPSA) is 54.3 Å². The molecule has 0 saturated carbocycles. The number of nitrogens with one attached hydrogen (secondary N) is 1. The van der Waals surface area contributed by atoms with Crippen LogP contribution in [0.5, 0.6) is 0 Å². The van der Waals surface area contributed by atoms with Crippen LogP contribution in [0.3, 0.4) is 0 Å². The van der Waals surface area contributed by atoms with E-state index in [2.05, 4.69) is 25.8 Å². The Morgan fingerprint density at radius 3 is 2.50 bits per heavy atom. The molecular formula is C24H19BrClN3O2S. The van der Waals surface area contributed by atoms with Crippen LogP contribution < -0.4 is 10.2 Å². The maximum atomic E-state index is 13.4. The summed E-state index contributed by atoms with van der Waals surface area (Å²) in [4.78, 5) is 27.4. The van der Waals surface area contributed by atoms with Crippen molar-refractivity contribution in [1.82, 2.24) is 9.88 Å². The van der Waals surface area contributed by atoms with Crippen LogP contribution in [0.1, 0.15) is 22.5 Å². The van der Waals surface area contributed by atoms with Gasteiger partial charge in [-0.15, -0.1) is 0 Å². The van der Waals surface area contributed by atoms with E-state index in [4.69, 9.17) is 23.8 Å². The predicted molar refractivity (Wildman–Crippen MR) is 135 cm³/mol. The number of anilines is 1. The maximum Gasteiger partial charge on any atom is 0.270 e. The first-order valence-corrected chi connectivity index (χ1v) is 11.4. The molecule has 0 aliphatic carbocycles. The van der Waals surface area contributed by atoms with E-state index in [1.54, 1.807) is 31.2 Å². The van der Waals surface area contributed by atoms with Crippen molar-refractivity contribution in [1.29, 1.82) is 0 Å². The zero-order valence-corrected chi connectivity index (χ0v) is 20.7. The number of hydrogen-bond acceptors (Lipinski definition) is 3. The second-order valence-electron chi connectivity index (χ2n) is 7.48. The van der Waals surface area contributed by atoms with Crippen LogP contribution in [0.4, 0.5) is 5.69 Å².